The van der Waals surface area contributed by atoms with E-state index in [0.717, 1.165) is 28.2 Å². The van der Waals surface area contributed by atoms with E-state index in [0.29, 0.717) is 13.0 Å². The predicted molar refractivity (Wildman–Crippen MR) is 89.1 cm³/mol. The normalized spacial score (nSPS) is 20.4. The SMILES string of the molecule is CC(=Nc1ccc2c(c1)[C@@H](N)[C@H](O)C2)NCc1ccc(F)cc1. The Kier molecular flexibility index (Phi) is 4.41. The van der Waals surface area contributed by atoms with E-state index in [4.69, 9.17) is 5.73 Å². The zero-order valence-electron chi connectivity index (χ0n) is 13.0. The van der Waals surface area contributed by atoms with Gasteiger partial charge in [0.05, 0.1) is 23.7 Å². The summed E-state index contributed by atoms with van der Waals surface area (Å²) >= 11 is 0. The number of hydrogen-bond acceptors (Lipinski definition) is 3. The Morgan fingerprint density at radius 3 is 2.78 bits per heavy atom. The van der Waals surface area contributed by atoms with Gasteiger partial charge in [-0.2, -0.15) is 0 Å². The molecule has 5 heteroatoms. The predicted octanol–water partition coefficient (Wildman–Crippen LogP) is 2.58. The second-order valence-electron chi connectivity index (χ2n) is 5.86. The van der Waals surface area contributed by atoms with Crippen molar-refractivity contribution in [2.45, 2.75) is 32.0 Å². The Hall–Kier alpha value is -2.24. The molecule has 0 amide bonds. The lowest BCUT2D eigenvalue weighted by molar-refractivity contribution is 0.158. The number of hydrogen-bond donors (Lipinski definition) is 3. The summed E-state index contributed by atoms with van der Waals surface area (Å²) in [6, 6.07) is 11.8. The highest BCUT2D eigenvalue weighted by molar-refractivity contribution is 5.82. The first kappa shape index (κ1) is 15.6. The van der Waals surface area contributed by atoms with E-state index < -0.39 is 6.10 Å². The van der Waals surface area contributed by atoms with E-state index >= 15 is 0 Å². The molecule has 0 saturated heterocycles. The van der Waals surface area contributed by atoms with Gasteiger partial charge < -0.3 is 16.2 Å². The van der Waals surface area contributed by atoms with Gasteiger partial charge in [0, 0.05) is 13.0 Å². The number of nitrogens with two attached hydrogens (primary N) is 1. The molecule has 0 aliphatic heterocycles. The van der Waals surface area contributed by atoms with Crippen molar-refractivity contribution < 1.29 is 9.50 Å². The first-order valence-corrected chi connectivity index (χ1v) is 7.63. The molecule has 0 spiro atoms. The zero-order chi connectivity index (χ0) is 16.4. The number of rotatable bonds is 3. The van der Waals surface area contributed by atoms with Crippen LogP contribution < -0.4 is 11.1 Å². The minimum Gasteiger partial charge on any atom is -0.391 e. The van der Waals surface area contributed by atoms with Gasteiger partial charge in [0.15, 0.2) is 0 Å². The third kappa shape index (κ3) is 3.57. The van der Waals surface area contributed by atoms with Gasteiger partial charge in [-0.15, -0.1) is 0 Å². The van der Waals surface area contributed by atoms with Crippen molar-refractivity contribution in [2.75, 3.05) is 0 Å². The maximum Gasteiger partial charge on any atom is 0.123 e. The van der Waals surface area contributed by atoms with E-state index in [1.54, 1.807) is 12.1 Å². The maximum atomic E-state index is 12.9. The number of fused-ring (bicyclic) bond motifs is 1. The summed E-state index contributed by atoms with van der Waals surface area (Å²) in [5, 5.41) is 13.0. The largest absolute Gasteiger partial charge is 0.391 e. The van der Waals surface area contributed by atoms with E-state index in [2.05, 4.69) is 10.3 Å². The third-order valence-electron chi connectivity index (χ3n) is 4.09. The van der Waals surface area contributed by atoms with E-state index in [9.17, 15) is 9.50 Å². The summed E-state index contributed by atoms with van der Waals surface area (Å²) in [6.07, 6.45) is 0.0874. The number of amidine groups is 1. The maximum absolute atomic E-state index is 12.9. The molecular weight excluding hydrogens is 293 g/mol. The Balaban J connectivity index is 1.68. The molecule has 0 aromatic heterocycles. The Morgan fingerprint density at radius 2 is 2.04 bits per heavy atom. The van der Waals surface area contributed by atoms with Crippen molar-refractivity contribution in [3.05, 3.63) is 65.0 Å². The number of aliphatic imine (C=N–C) groups is 1. The highest BCUT2D eigenvalue weighted by Crippen LogP contribution is 2.32. The fraction of sp³-hybridized carbons (Fsp3) is 0.278. The lowest BCUT2D eigenvalue weighted by Gasteiger charge is -2.10. The van der Waals surface area contributed by atoms with Crippen molar-refractivity contribution in [3.63, 3.8) is 0 Å². The van der Waals surface area contributed by atoms with Crippen molar-refractivity contribution in [3.8, 4) is 0 Å². The van der Waals surface area contributed by atoms with E-state index in [-0.39, 0.29) is 11.9 Å². The first-order chi connectivity index (χ1) is 11.0. The molecule has 2 aromatic carbocycles. The molecule has 1 aliphatic carbocycles. The van der Waals surface area contributed by atoms with Gasteiger partial charge in [-0.05, 0) is 47.9 Å². The number of aliphatic hydroxyl groups excluding tert-OH is 1. The molecule has 4 N–H and O–H groups in total. The molecule has 0 radical (unpaired) electrons. The summed E-state index contributed by atoms with van der Waals surface area (Å²) in [5.74, 6) is 0.525. The van der Waals surface area contributed by atoms with Crippen molar-refractivity contribution in [1.29, 1.82) is 0 Å². The van der Waals surface area contributed by atoms with Crippen LogP contribution in [0.2, 0.25) is 0 Å². The molecule has 3 rings (SSSR count). The van der Waals surface area contributed by atoms with Crippen LogP contribution in [0.3, 0.4) is 0 Å². The van der Waals surface area contributed by atoms with Crippen molar-refractivity contribution >= 4 is 11.5 Å². The Labute approximate surface area is 134 Å². The summed E-state index contributed by atoms with van der Waals surface area (Å²) in [4.78, 5) is 4.52. The minimum absolute atomic E-state index is 0.240. The monoisotopic (exact) mass is 313 g/mol. The molecule has 23 heavy (non-hydrogen) atoms. The molecule has 2 aromatic rings. The number of nitrogens with zero attached hydrogens (tertiary/aromatic N) is 1. The second-order valence-corrected chi connectivity index (χ2v) is 5.86. The van der Waals surface area contributed by atoms with Crippen molar-refractivity contribution in [2.24, 2.45) is 10.7 Å². The smallest absolute Gasteiger partial charge is 0.123 e. The van der Waals surface area contributed by atoms with Gasteiger partial charge >= 0.3 is 0 Å². The van der Waals surface area contributed by atoms with Crippen LogP contribution in [-0.4, -0.2) is 17.0 Å². The van der Waals surface area contributed by atoms with Crippen LogP contribution in [0.1, 0.15) is 29.7 Å². The average molecular weight is 313 g/mol. The molecule has 4 nitrogen and oxygen atoms in total. The molecule has 1 aliphatic rings. The highest BCUT2D eigenvalue weighted by Gasteiger charge is 2.27. The van der Waals surface area contributed by atoms with Crippen LogP contribution in [0.25, 0.3) is 0 Å². The molecule has 0 fully saturated rings. The van der Waals surface area contributed by atoms with Crippen LogP contribution in [0, 0.1) is 5.82 Å². The van der Waals surface area contributed by atoms with Crippen LogP contribution in [0.5, 0.6) is 0 Å². The van der Waals surface area contributed by atoms with Gasteiger partial charge in [-0.25, -0.2) is 9.38 Å². The van der Waals surface area contributed by atoms with Crippen LogP contribution in [0.15, 0.2) is 47.5 Å². The van der Waals surface area contributed by atoms with Crippen LogP contribution in [0.4, 0.5) is 10.1 Å². The van der Waals surface area contributed by atoms with Gasteiger partial charge in [-0.1, -0.05) is 18.2 Å². The molecular formula is C18H20FN3O. The molecule has 0 saturated carbocycles. The zero-order valence-corrected chi connectivity index (χ0v) is 13.0. The average Bonchev–Trinajstić information content (AvgIpc) is 2.82. The molecule has 120 valence electrons. The quantitative estimate of drug-likeness (QED) is 0.602. The number of benzene rings is 2. The molecule has 0 bridgehead atoms. The lowest BCUT2D eigenvalue weighted by Crippen LogP contribution is -2.21. The third-order valence-corrected chi connectivity index (χ3v) is 4.09. The van der Waals surface area contributed by atoms with Gasteiger partial charge in [0.1, 0.15) is 5.82 Å². The second kappa shape index (κ2) is 6.48. The highest BCUT2D eigenvalue weighted by atomic mass is 19.1. The van der Waals surface area contributed by atoms with E-state index in [1.165, 1.54) is 12.1 Å². The van der Waals surface area contributed by atoms with Crippen LogP contribution >= 0.6 is 0 Å². The summed E-state index contributed by atoms with van der Waals surface area (Å²) in [6.45, 7) is 2.46. The van der Waals surface area contributed by atoms with Gasteiger partial charge in [0.2, 0.25) is 0 Å². The summed E-state index contributed by atoms with van der Waals surface area (Å²) in [7, 11) is 0. The summed E-state index contributed by atoms with van der Waals surface area (Å²) < 4.78 is 12.9. The fourth-order valence-corrected chi connectivity index (χ4v) is 2.77. The number of nitrogens with one attached hydrogen (secondary N) is 1. The topological polar surface area (TPSA) is 70.6 Å². The fourth-order valence-electron chi connectivity index (χ4n) is 2.77. The number of aliphatic hydroxyl groups is 1. The van der Waals surface area contributed by atoms with E-state index in [1.807, 2.05) is 25.1 Å². The Morgan fingerprint density at radius 1 is 1.30 bits per heavy atom. The number of halogens is 1. The first-order valence-electron chi connectivity index (χ1n) is 7.63. The minimum atomic E-state index is -0.512. The molecule has 2 atom stereocenters. The Bertz CT molecular complexity index is 728. The lowest BCUT2D eigenvalue weighted by atomic mass is 10.1. The van der Waals surface area contributed by atoms with Crippen molar-refractivity contribution in [1.82, 2.24) is 5.32 Å². The molecule has 0 heterocycles. The molecule has 0 unspecified atom stereocenters. The standard InChI is InChI=1S/C18H20FN3O/c1-11(21-10-12-2-5-14(19)6-3-12)22-15-7-4-13-8-17(23)18(20)16(13)9-15/h2-7,9,17-18,23H,8,10,20H2,1H3,(H,21,22)/t17-,18-/m1/s1. The van der Waals surface area contributed by atoms with Crippen LogP contribution in [-0.2, 0) is 13.0 Å². The summed E-state index contributed by atoms with van der Waals surface area (Å²) in [5.41, 5.74) is 9.83. The van der Waals surface area contributed by atoms with Gasteiger partial charge in [-0.3, -0.25) is 0 Å². The van der Waals surface area contributed by atoms with Gasteiger partial charge in [0.25, 0.3) is 0 Å².